The number of piperazine rings is 1. The quantitative estimate of drug-likeness (QED) is 0.706. The van der Waals surface area contributed by atoms with E-state index in [4.69, 9.17) is 0 Å². The van der Waals surface area contributed by atoms with Crippen molar-refractivity contribution >= 4 is 11.9 Å². The smallest absolute Gasteiger partial charge is 0.136 e. The molecule has 0 amide bonds. The highest BCUT2D eigenvalue weighted by Gasteiger charge is 2.19. The van der Waals surface area contributed by atoms with E-state index in [0.717, 1.165) is 32.6 Å². The van der Waals surface area contributed by atoms with Crippen molar-refractivity contribution in [1.82, 2.24) is 9.88 Å². The van der Waals surface area contributed by atoms with Gasteiger partial charge in [-0.25, -0.2) is 4.98 Å². The fourth-order valence-electron chi connectivity index (χ4n) is 2.43. The zero-order valence-corrected chi connectivity index (χ0v) is 9.69. The fraction of sp³-hybridized carbons (Fsp3) is 0.462. The van der Waals surface area contributed by atoms with Gasteiger partial charge >= 0.3 is 0 Å². The summed E-state index contributed by atoms with van der Waals surface area (Å²) in [6, 6.07) is 2.13. The summed E-state index contributed by atoms with van der Waals surface area (Å²) in [5.41, 5.74) is 2.76. The molecule has 0 spiro atoms. The summed E-state index contributed by atoms with van der Waals surface area (Å²) < 4.78 is 0. The van der Waals surface area contributed by atoms with Gasteiger partial charge in [0.05, 0.1) is 0 Å². The lowest BCUT2D eigenvalue weighted by Gasteiger charge is -2.34. The summed E-state index contributed by atoms with van der Waals surface area (Å²) >= 11 is 0. The van der Waals surface area contributed by atoms with Crippen molar-refractivity contribution < 1.29 is 0 Å². The van der Waals surface area contributed by atoms with Crippen LogP contribution in [-0.4, -0.2) is 43.1 Å². The first kappa shape index (κ1) is 9.85. The number of likely N-dealkylation sites (N-methyl/N-ethyl adjacent to an activating group) is 1. The Kier molecular flexibility index (Phi) is 2.40. The number of aromatic nitrogens is 1. The first-order valence-corrected chi connectivity index (χ1v) is 5.92. The molecular formula is C13H17N3. The second kappa shape index (κ2) is 3.91. The van der Waals surface area contributed by atoms with Crippen LogP contribution in [0.4, 0.5) is 5.82 Å². The Morgan fingerprint density at radius 2 is 2.00 bits per heavy atom. The zero-order valence-electron chi connectivity index (χ0n) is 9.69. The number of pyridine rings is 1. The molecule has 3 heteroatoms. The molecule has 16 heavy (non-hydrogen) atoms. The van der Waals surface area contributed by atoms with Crippen molar-refractivity contribution in [2.45, 2.75) is 6.42 Å². The van der Waals surface area contributed by atoms with E-state index < -0.39 is 0 Å². The van der Waals surface area contributed by atoms with Crippen molar-refractivity contribution in [3.05, 3.63) is 29.5 Å². The zero-order chi connectivity index (χ0) is 11.0. The highest BCUT2D eigenvalue weighted by molar-refractivity contribution is 5.71. The molecule has 0 radical (unpaired) electrons. The van der Waals surface area contributed by atoms with Crippen LogP contribution in [0.15, 0.2) is 18.3 Å². The van der Waals surface area contributed by atoms with Crippen LogP contribution in [0.5, 0.6) is 0 Å². The van der Waals surface area contributed by atoms with Gasteiger partial charge in [-0.3, -0.25) is 0 Å². The molecule has 0 unspecified atom stereocenters. The molecule has 2 aliphatic rings. The maximum atomic E-state index is 4.56. The summed E-state index contributed by atoms with van der Waals surface area (Å²) in [7, 11) is 2.18. The van der Waals surface area contributed by atoms with Crippen LogP contribution in [0, 0.1) is 0 Å². The molecular weight excluding hydrogens is 198 g/mol. The van der Waals surface area contributed by atoms with Crippen molar-refractivity contribution in [1.29, 1.82) is 0 Å². The fourth-order valence-corrected chi connectivity index (χ4v) is 2.43. The second-order valence-electron chi connectivity index (χ2n) is 4.60. The largest absolute Gasteiger partial charge is 0.354 e. The maximum absolute atomic E-state index is 4.56. The van der Waals surface area contributed by atoms with Gasteiger partial charge in [0, 0.05) is 37.9 Å². The Bertz CT molecular complexity index is 417. The standard InChI is InChI=1S/C13H17N3/c1-15-7-9-16(10-8-15)13-12-4-2-3-11(12)5-6-14-13/h2,4-6H,3,7-10H2,1H3. The van der Waals surface area contributed by atoms with Gasteiger partial charge in [-0.2, -0.15) is 0 Å². The second-order valence-corrected chi connectivity index (χ2v) is 4.60. The summed E-state index contributed by atoms with van der Waals surface area (Å²) in [6.07, 6.45) is 7.46. The number of anilines is 1. The van der Waals surface area contributed by atoms with Crippen molar-refractivity contribution in [2.24, 2.45) is 0 Å². The Labute approximate surface area is 96.4 Å². The third-order valence-electron chi connectivity index (χ3n) is 3.48. The van der Waals surface area contributed by atoms with Crippen LogP contribution in [0.2, 0.25) is 0 Å². The number of hydrogen-bond acceptors (Lipinski definition) is 3. The highest BCUT2D eigenvalue weighted by atomic mass is 15.3. The molecule has 0 bridgehead atoms. The first-order chi connectivity index (χ1) is 7.84. The minimum Gasteiger partial charge on any atom is -0.354 e. The summed E-state index contributed by atoms with van der Waals surface area (Å²) in [5.74, 6) is 1.18. The van der Waals surface area contributed by atoms with Crippen molar-refractivity contribution in [2.75, 3.05) is 38.1 Å². The van der Waals surface area contributed by atoms with Crippen LogP contribution in [0.1, 0.15) is 11.1 Å². The SMILES string of the molecule is CN1CCN(c2nccc3c2C=CC3)CC1. The van der Waals surface area contributed by atoms with E-state index in [-0.39, 0.29) is 0 Å². The molecule has 1 aliphatic carbocycles. The number of rotatable bonds is 1. The molecule has 1 saturated heterocycles. The van der Waals surface area contributed by atoms with Crippen molar-refractivity contribution in [3.8, 4) is 0 Å². The molecule has 3 nitrogen and oxygen atoms in total. The molecule has 0 saturated carbocycles. The molecule has 84 valence electrons. The molecule has 1 aromatic rings. The van der Waals surface area contributed by atoms with Crippen molar-refractivity contribution in [3.63, 3.8) is 0 Å². The van der Waals surface area contributed by atoms with E-state index in [9.17, 15) is 0 Å². The Morgan fingerprint density at radius 3 is 2.81 bits per heavy atom. The van der Waals surface area contributed by atoms with Gasteiger partial charge in [-0.15, -0.1) is 0 Å². The molecule has 0 aromatic carbocycles. The lowest BCUT2D eigenvalue weighted by molar-refractivity contribution is 0.312. The van der Waals surface area contributed by atoms with E-state index in [1.807, 2.05) is 6.20 Å². The van der Waals surface area contributed by atoms with Crippen LogP contribution in [-0.2, 0) is 6.42 Å². The van der Waals surface area contributed by atoms with Gasteiger partial charge in [0.15, 0.2) is 0 Å². The highest BCUT2D eigenvalue weighted by Crippen LogP contribution is 2.28. The topological polar surface area (TPSA) is 19.4 Å². The Balaban J connectivity index is 1.89. The number of allylic oxidation sites excluding steroid dienone is 1. The van der Waals surface area contributed by atoms with E-state index in [0.29, 0.717) is 0 Å². The van der Waals surface area contributed by atoms with Gasteiger partial charge < -0.3 is 9.80 Å². The average molecular weight is 215 g/mol. The molecule has 1 aliphatic heterocycles. The number of nitrogens with zero attached hydrogens (tertiary/aromatic N) is 3. The predicted molar refractivity (Wildman–Crippen MR) is 66.7 cm³/mol. The number of hydrogen-bond donors (Lipinski definition) is 0. The van der Waals surface area contributed by atoms with Gasteiger partial charge in [-0.1, -0.05) is 12.2 Å². The van der Waals surface area contributed by atoms with Gasteiger partial charge in [-0.05, 0) is 25.1 Å². The third-order valence-corrected chi connectivity index (χ3v) is 3.48. The molecule has 1 fully saturated rings. The van der Waals surface area contributed by atoms with Crippen LogP contribution in [0.3, 0.4) is 0 Å². The van der Waals surface area contributed by atoms with Gasteiger partial charge in [0.25, 0.3) is 0 Å². The summed E-state index contributed by atoms with van der Waals surface area (Å²) in [4.78, 5) is 9.34. The van der Waals surface area contributed by atoms with Crippen LogP contribution < -0.4 is 4.90 Å². The molecule has 2 heterocycles. The molecule has 0 atom stereocenters. The minimum absolute atomic E-state index is 1.07. The Hall–Kier alpha value is -1.35. The monoisotopic (exact) mass is 215 g/mol. The summed E-state index contributed by atoms with van der Waals surface area (Å²) in [5, 5.41) is 0. The maximum Gasteiger partial charge on any atom is 0.136 e. The predicted octanol–water partition coefficient (Wildman–Crippen LogP) is 1.40. The summed E-state index contributed by atoms with van der Waals surface area (Å²) in [6.45, 7) is 4.45. The molecule has 1 aromatic heterocycles. The molecule has 3 rings (SSSR count). The minimum atomic E-state index is 1.07. The normalized spacial score (nSPS) is 20.2. The van der Waals surface area contributed by atoms with E-state index >= 15 is 0 Å². The third kappa shape index (κ3) is 1.61. The van der Waals surface area contributed by atoms with E-state index in [2.05, 4.69) is 40.0 Å². The first-order valence-electron chi connectivity index (χ1n) is 5.92. The van der Waals surface area contributed by atoms with Crippen LogP contribution in [0.25, 0.3) is 6.08 Å². The van der Waals surface area contributed by atoms with Gasteiger partial charge in [0.1, 0.15) is 5.82 Å². The lowest BCUT2D eigenvalue weighted by atomic mass is 10.1. The van der Waals surface area contributed by atoms with E-state index in [1.165, 1.54) is 16.9 Å². The lowest BCUT2D eigenvalue weighted by Crippen LogP contribution is -2.45. The van der Waals surface area contributed by atoms with Gasteiger partial charge in [0.2, 0.25) is 0 Å². The molecule has 0 N–H and O–H groups in total. The number of fused-ring (bicyclic) bond motifs is 1. The Morgan fingerprint density at radius 1 is 1.19 bits per heavy atom. The average Bonchev–Trinajstić information content (AvgIpc) is 2.78. The van der Waals surface area contributed by atoms with Crippen LogP contribution >= 0.6 is 0 Å². The van der Waals surface area contributed by atoms with E-state index in [1.54, 1.807) is 0 Å².